The van der Waals surface area contributed by atoms with Gasteiger partial charge in [0.25, 0.3) is 0 Å². The first-order chi connectivity index (χ1) is 8.83. The van der Waals surface area contributed by atoms with Crippen LogP contribution < -0.4 is 5.73 Å². The molecule has 3 aliphatic rings. The van der Waals surface area contributed by atoms with Crippen LogP contribution in [-0.4, -0.2) is 39.1 Å². The molecule has 0 radical (unpaired) electrons. The van der Waals surface area contributed by atoms with E-state index < -0.39 is 0 Å². The van der Waals surface area contributed by atoms with Crippen molar-refractivity contribution in [2.45, 2.75) is 18.9 Å². The zero-order chi connectivity index (χ0) is 12.1. The Hall–Kier alpha value is -1.62. The van der Waals surface area contributed by atoms with Crippen molar-refractivity contribution in [3.63, 3.8) is 0 Å². The van der Waals surface area contributed by atoms with E-state index in [1.165, 1.54) is 25.9 Å². The van der Waals surface area contributed by atoms with E-state index in [9.17, 15) is 0 Å². The second kappa shape index (κ2) is 3.68. The van der Waals surface area contributed by atoms with E-state index >= 15 is 0 Å². The Kier molecular flexibility index (Phi) is 2.11. The van der Waals surface area contributed by atoms with E-state index in [0.717, 1.165) is 23.6 Å². The molecular weight excluding hydrogens is 226 g/mol. The first kappa shape index (κ1) is 10.3. The predicted molar refractivity (Wildman–Crippen MR) is 70.1 cm³/mol. The van der Waals surface area contributed by atoms with Crippen LogP contribution in [0.1, 0.15) is 18.9 Å². The van der Waals surface area contributed by atoms with E-state index in [-0.39, 0.29) is 0 Å². The Bertz CT molecular complexity index is 582. The van der Waals surface area contributed by atoms with Gasteiger partial charge in [0.15, 0.2) is 5.65 Å². The Morgan fingerprint density at radius 1 is 1.28 bits per heavy atom. The van der Waals surface area contributed by atoms with Gasteiger partial charge in [-0.3, -0.25) is 4.57 Å². The summed E-state index contributed by atoms with van der Waals surface area (Å²) in [5.41, 5.74) is 7.96. The lowest BCUT2D eigenvalue weighted by atomic mass is 9.84. The van der Waals surface area contributed by atoms with Crippen LogP contribution in [0.4, 0.5) is 5.95 Å². The number of fused-ring (bicyclic) bond motifs is 4. The van der Waals surface area contributed by atoms with Crippen LogP contribution in [0.15, 0.2) is 18.3 Å². The highest BCUT2D eigenvalue weighted by Crippen LogP contribution is 2.38. The molecule has 5 nitrogen and oxygen atoms in total. The van der Waals surface area contributed by atoms with Gasteiger partial charge in [0.2, 0.25) is 5.95 Å². The van der Waals surface area contributed by atoms with Gasteiger partial charge in [0.1, 0.15) is 5.52 Å². The molecule has 1 unspecified atom stereocenters. The molecule has 18 heavy (non-hydrogen) atoms. The molecule has 3 aliphatic heterocycles. The monoisotopic (exact) mass is 243 g/mol. The zero-order valence-corrected chi connectivity index (χ0v) is 10.3. The summed E-state index contributed by atoms with van der Waals surface area (Å²) in [5.74, 6) is 1.35. The Labute approximate surface area is 106 Å². The minimum atomic E-state index is 0.451. The molecule has 3 saturated heterocycles. The summed E-state index contributed by atoms with van der Waals surface area (Å²) in [7, 11) is 0. The molecule has 0 spiro atoms. The van der Waals surface area contributed by atoms with Gasteiger partial charge in [0.05, 0.1) is 6.04 Å². The lowest BCUT2D eigenvalue weighted by molar-refractivity contribution is 0.0595. The Balaban J connectivity index is 1.84. The van der Waals surface area contributed by atoms with Crippen molar-refractivity contribution < 1.29 is 0 Å². The maximum atomic E-state index is 6.11. The highest BCUT2D eigenvalue weighted by atomic mass is 15.3. The van der Waals surface area contributed by atoms with Gasteiger partial charge in [-0.1, -0.05) is 0 Å². The van der Waals surface area contributed by atoms with Crippen LogP contribution in [0.25, 0.3) is 11.2 Å². The maximum absolute atomic E-state index is 6.11. The van der Waals surface area contributed by atoms with Crippen LogP contribution in [0.3, 0.4) is 0 Å². The molecule has 3 fully saturated rings. The number of hydrogen-bond donors (Lipinski definition) is 1. The van der Waals surface area contributed by atoms with Gasteiger partial charge >= 0.3 is 0 Å². The molecule has 5 rings (SSSR count). The molecule has 5 heterocycles. The summed E-state index contributed by atoms with van der Waals surface area (Å²) in [5, 5.41) is 0. The smallest absolute Gasteiger partial charge is 0.202 e. The van der Waals surface area contributed by atoms with Crippen molar-refractivity contribution in [3.8, 4) is 0 Å². The minimum absolute atomic E-state index is 0.451. The molecular formula is C13H17N5. The summed E-state index contributed by atoms with van der Waals surface area (Å²) in [6.07, 6.45) is 4.37. The van der Waals surface area contributed by atoms with Gasteiger partial charge in [-0.25, -0.2) is 9.97 Å². The largest absolute Gasteiger partial charge is 0.369 e. The summed E-state index contributed by atoms with van der Waals surface area (Å²) in [6, 6.07) is 4.35. The lowest BCUT2D eigenvalue weighted by Crippen LogP contribution is -2.48. The summed E-state index contributed by atoms with van der Waals surface area (Å²) >= 11 is 0. The Morgan fingerprint density at radius 2 is 2.11 bits per heavy atom. The van der Waals surface area contributed by atoms with Crippen molar-refractivity contribution in [2.75, 3.05) is 25.4 Å². The van der Waals surface area contributed by atoms with Crippen LogP contribution in [0.5, 0.6) is 0 Å². The molecule has 2 aromatic rings. The fourth-order valence-electron chi connectivity index (χ4n) is 3.50. The number of pyridine rings is 1. The van der Waals surface area contributed by atoms with Crippen molar-refractivity contribution in [2.24, 2.45) is 5.92 Å². The van der Waals surface area contributed by atoms with Gasteiger partial charge in [0, 0.05) is 12.7 Å². The molecule has 2 N–H and O–H groups in total. The number of rotatable bonds is 1. The molecule has 0 amide bonds. The minimum Gasteiger partial charge on any atom is -0.369 e. The number of nitrogen functional groups attached to an aromatic ring is 1. The first-order valence-electron chi connectivity index (χ1n) is 6.64. The standard InChI is InChI=1S/C13H17N5/c14-13-16-10-2-1-5-15-12(10)18(13)11-8-17-6-3-9(11)4-7-17/h1-2,5,9,11H,3-4,6-8H2,(H2,14,16). The number of nitrogens with zero attached hydrogens (tertiary/aromatic N) is 4. The fourth-order valence-corrected chi connectivity index (χ4v) is 3.50. The first-order valence-corrected chi connectivity index (χ1v) is 6.64. The van der Waals surface area contributed by atoms with E-state index in [4.69, 9.17) is 5.73 Å². The number of nitrogens with two attached hydrogens (primary N) is 1. The predicted octanol–water partition coefficient (Wildman–Crippen LogP) is 1.28. The lowest BCUT2D eigenvalue weighted by Gasteiger charge is -2.45. The second-order valence-corrected chi connectivity index (χ2v) is 5.39. The fraction of sp³-hybridized carbons (Fsp3) is 0.538. The van der Waals surface area contributed by atoms with Gasteiger partial charge < -0.3 is 10.6 Å². The van der Waals surface area contributed by atoms with E-state index in [0.29, 0.717) is 12.0 Å². The molecule has 0 aromatic carbocycles. The number of imidazole rings is 1. The number of hydrogen-bond acceptors (Lipinski definition) is 4. The third-order valence-electron chi connectivity index (χ3n) is 4.43. The molecule has 2 aromatic heterocycles. The number of aromatic nitrogens is 3. The van der Waals surface area contributed by atoms with Crippen molar-refractivity contribution in [1.82, 2.24) is 19.4 Å². The normalized spacial score (nSPS) is 31.0. The van der Waals surface area contributed by atoms with Crippen molar-refractivity contribution in [3.05, 3.63) is 18.3 Å². The van der Waals surface area contributed by atoms with Crippen LogP contribution in [0, 0.1) is 5.92 Å². The molecule has 0 aliphatic carbocycles. The molecule has 5 heteroatoms. The van der Waals surface area contributed by atoms with Crippen LogP contribution in [0.2, 0.25) is 0 Å². The van der Waals surface area contributed by atoms with Crippen molar-refractivity contribution >= 4 is 17.1 Å². The highest BCUT2D eigenvalue weighted by Gasteiger charge is 2.36. The molecule has 2 bridgehead atoms. The highest BCUT2D eigenvalue weighted by molar-refractivity contribution is 5.74. The van der Waals surface area contributed by atoms with Gasteiger partial charge in [-0.05, 0) is 44.0 Å². The summed E-state index contributed by atoms with van der Waals surface area (Å²) < 4.78 is 2.16. The average Bonchev–Trinajstić information content (AvgIpc) is 2.75. The summed E-state index contributed by atoms with van der Waals surface area (Å²) in [4.78, 5) is 11.4. The van der Waals surface area contributed by atoms with Crippen LogP contribution >= 0.6 is 0 Å². The third kappa shape index (κ3) is 1.37. The number of piperidine rings is 3. The average molecular weight is 243 g/mol. The number of anilines is 1. The van der Waals surface area contributed by atoms with E-state index in [2.05, 4.69) is 19.4 Å². The van der Waals surface area contributed by atoms with Crippen molar-refractivity contribution in [1.29, 1.82) is 0 Å². The molecule has 1 atom stereocenters. The SMILES string of the molecule is Nc1nc2cccnc2n1C1CN2CCC1CC2. The topological polar surface area (TPSA) is 60.0 Å². The van der Waals surface area contributed by atoms with E-state index in [1.807, 2.05) is 18.3 Å². The maximum Gasteiger partial charge on any atom is 0.202 e. The van der Waals surface area contributed by atoms with Gasteiger partial charge in [-0.2, -0.15) is 0 Å². The molecule has 0 saturated carbocycles. The molecule has 94 valence electrons. The third-order valence-corrected chi connectivity index (χ3v) is 4.43. The quantitative estimate of drug-likeness (QED) is 0.819. The van der Waals surface area contributed by atoms with Gasteiger partial charge in [-0.15, -0.1) is 0 Å². The summed E-state index contributed by atoms with van der Waals surface area (Å²) in [6.45, 7) is 3.57. The zero-order valence-electron chi connectivity index (χ0n) is 10.3. The Morgan fingerprint density at radius 3 is 2.83 bits per heavy atom. The second-order valence-electron chi connectivity index (χ2n) is 5.39. The van der Waals surface area contributed by atoms with Crippen LogP contribution in [-0.2, 0) is 0 Å². The van der Waals surface area contributed by atoms with E-state index in [1.54, 1.807) is 0 Å².